The second kappa shape index (κ2) is 6.39. The molecule has 0 unspecified atom stereocenters. The quantitative estimate of drug-likeness (QED) is 0.366. The number of rotatable bonds is 5. The summed E-state index contributed by atoms with van der Waals surface area (Å²) in [6.45, 7) is 5.31. The van der Waals surface area contributed by atoms with Crippen molar-refractivity contribution in [3.05, 3.63) is 0 Å². The smallest absolute Gasteiger partial charge is 0.0247 e. The number of nitrogens with one attached hydrogen (secondary N) is 1. The summed E-state index contributed by atoms with van der Waals surface area (Å²) in [6.07, 6.45) is 3.09. The zero-order valence-electron chi connectivity index (χ0n) is 6.31. The fourth-order valence-electron chi connectivity index (χ4n) is 0.380. The van der Waals surface area contributed by atoms with Crippen LogP contribution in [0.4, 0.5) is 0 Å². The van der Waals surface area contributed by atoms with Crippen LogP contribution in [0, 0.1) is 5.92 Å². The molecule has 0 heterocycles. The molecule has 0 aliphatic rings. The molecule has 2 nitrogen and oxygen atoms in total. The van der Waals surface area contributed by atoms with Gasteiger partial charge in [-0.1, -0.05) is 20.3 Å². The van der Waals surface area contributed by atoms with Gasteiger partial charge in [-0.2, -0.15) is 5.48 Å². The normalized spacial score (nSPS) is 13.7. The third kappa shape index (κ3) is 6.15. The van der Waals surface area contributed by atoms with Crippen LogP contribution in [0.2, 0.25) is 0 Å². The van der Waals surface area contributed by atoms with Crippen LogP contribution < -0.4 is 5.48 Å². The van der Waals surface area contributed by atoms with E-state index >= 15 is 0 Å². The van der Waals surface area contributed by atoms with Crippen molar-refractivity contribution >= 4 is 12.0 Å². The van der Waals surface area contributed by atoms with Crippen LogP contribution in [-0.4, -0.2) is 12.8 Å². The molecule has 0 radical (unpaired) electrons. The van der Waals surface area contributed by atoms with Gasteiger partial charge >= 0.3 is 0 Å². The van der Waals surface area contributed by atoms with Crippen LogP contribution in [0.15, 0.2) is 0 Å². The van der Waals surface area contributed by atoms with Crippen LogP contribution in [0.5, 0.6) is 0 Å². The third-order valence-corrected chi connectivity index (χ3v) is 1.56. The summed E-state index contributed by atoms with van der Waals surface area (Å²) in [5, 5.41) is 0. The Kier molecular flexibility index (Phi) is 6.58. The monoisotopic (exact) mass is 149 g/mol. The fraction of sp³-hybridized carbons (Fsp3) is 1.00. The lowest BCUT2D eigenvalue weighted by molar-refractivity contribution is 0.217. The molecule has 0 saturated heterocycles. The Morgan fingerprint density at radius 3 is 2.78 bits per heavy atom. The lowest BCUT2D eigenvalue weighted by Crippen LogP contribution is -2.18. The van der Waals surface area contributed by atoms with Crippen LogP contribution in [0.3, 0.4) is 0 Å². The number of hydrogen-bond donors (Lipinski definition) is 1. The molecule has 1 atom stereocenters. The molecule has 56 valence electrons. The third-order valence-electron chi connectivity index (χ3n) is 1.27. The van der Waals surface area contributed by atoms with Crippen LogP contribution >= 0.6 is 12.0 Å². The Bertz CT molecular complexity index is 61.0. The van der Waals surface area contributed by atoms with Crippen molar-refractivity contribution in [2.45, 2.75) is 20.3 Å². The predicted octanol–water partition coefficient (Wildman–Crippen LogP) is 1.83. The van der Waals surface area contributed by atoms with Gasteiger partial charge in [0.2, 0.25) is 0 Å². The highest BCUT2D eigenvalue weighted by Gasteiger charge is 1.95. The molecule has 0 saturated carbocycles. The van der Waals surface area contributed by atoms with Gasteiger partial charge in [-0.3, -0.25) is 0 Å². The van der Waals surface area contributed by atoms with Gasteiger partial charge < -0.3 is 0 Å². The summed E-state index contributed by atoms with van der Waals surface area (Å²) in [4.78, 5) is 0. The van der Waals surface area contributed by atoms with Crippen LogP contribution in [-0.2, 0) is 4.28 Å². The van der Waals surface area contributed by atoms with Crippen molar-refractivity contribution < 1.29 is 4.28 Å². The predicted molar refractivity (Wildman–Crippen MR) is 42.1 cm³/mol. The van der Waals surface area contributed by atoms with Crippen molar-refractivity contribution in [1.82, 2.24) is 5.48 Å². The van der Waals surface area contributed by atoms with E-state index in [4.69, 9.17) is 4.28 Å². The van der Waals surface area contributed by atoms with E-state index < -0.39 is 0 Å². The maximum Gasteiger partial charge on any atom is 0.0247 e. The molecule has 0 fully saturated rings. The standard InChI is InChI=1S/C6H15NOS/c1-4-6(2)5-7-8-9-3/h6-7H,4-5H2,1-3H3/t6-/m0/s1. The first-order valence-electron chi connectivity index (χ1n) is 3.23. The van der Waals surface area contributed by atoms with Crippen molar-refractivity contribution in [1.29, 1.82) is 0 Å². The van der Waals surface area contributed by atoms with E-state index in [9.17, 15) is 0 Å². The molecular weight excluding hydrogens is 134 g/mol. The average molecular weight is 149 g/mol. The Hall–Kier alpha value is 0.270. The molecule has 0 spiro atoms. The van der Waals surface area contributed by atoms with Crippen LogP contribution in [0.25, 0.3) is 0 Å². The van der Waals surface area contributed by atoms with Gasteiger partial charge in [0.15, 0.2) is 0 Å². The summed E-state index contributed by atoms with van der Waals surface area (Å²) >= 11 is 1.34. The highest BCUT2D eigenvalue weighted by atomic mass is 32.2. The van der Waals surface area contributed by atoms with Crippen molar-refractivity contribution in [3.8, 4) is 0 Å². The zero-order valence-corrected chi connectivity index (χ0v) is 7.12. The molecule has 3 heteroatoms. The topological polar surface area (TPSA) is 21.3 Å². The zero-order chi connectivity index (χ0) is 7.11. The fourth-order valence-corrected chi connectivity index (χ4v) is 0.565. The Balaban J connectivity index is 2.88. The second-order valence-corrected chi connectivity index (χ2v) is 2.61. The van der Waals surface area contributed by atoms with Crippen LogP contribution in [0.1, 0.15) is 20.3 Å². The summed E-state index contributed by atoms with van der Waals surface area (Å²) in [5.41, 5.74) is 2.85. The summed E-state index contributed by atoms with van der Waals surface area (Å²) < 4.78 is 4.87. The first-order valence-corrected chi connectivity index (χ1v) is 4.38. The van der Waals surface area contributed by atoms with Gasteiger partial charge in [-0.15, -0.1) is 0 Å². The maximum atomic E-state index is 4.87. The molecule has 0 aromatic rings. The van der Waals surface area contributed by atoms with E-state index in [1.165, 1.54) is 18.5 Å². The molecule has 0 bridgehead atoms. The Morgan fingerprint density at radius 1 is 1.67 bits per heavy atom. The van der Waals surface area contributed by atoms with E-state index in [0.717, 1.165) is 6.54 Å². The SMILES string of the molecule is CC[C@H](C)CNOSC. The minimum Gasteiger partial charge on any atom is -0.232 e. The number of hydrogen-bond acceptors (Lipinski definition) is 3. The van der Waals surface area contributed by atoms with E-state index in [2.05, 4.69) is 19.3 Å². The van der Waals surface area contributed by atoms with Gasteiger partial charge in [-0.05, 0) is 5.92 Å². The highest BCUT2D eigenvalue weighted by Crippen LogP contribution is 1.98. The van der Waals surface area contributed by atoms with Crippen molar-refractivity contribution in [2.75, 3.05) is 12.8 Å². The van der Waals surface area contributed by atoms with E-state index in [1.54, 1.807) is 0 Å². The molecule has 1 N–H and O–H groups in total. The van der Waals surface area contributed by atoms with Gasteiger partial charge in [0, 0.05) is 24.8 Å². The van der Waals surface area contributed by atoms with E-state index in [0.29, 0.717) is 5.92 Å². The summed E-state index contributed by atoms with van der Waals surface area (Å²) in [5.74, 6) is 0.706. The van der Waals surface area contributed by atoms with E-state index in [-0.39, 0.29) is 0 Å². The Morgan fingerprint density at radius 2 is 2.33 bits per heavy atom. The van der Waals surface area contributed by atoms with E-state index in [1.807, 2.05) is 6.26 Å². The minimum atomic E-state index is 0.706. The van der Waals surface area contributed by atoms with Gasteiger partial charge in [0.1, 0.15) is 0 Å². The molecule has 0 aliphatic carbocycles. The lowest BCUT2D eigenvalue weighted by atomic mass is 10.1. The largest absolute Gasteiger partial charge is 0.232 e. The second-order valence-electron chi connectivity index (χ2n) is 2.11. The van der Waals surface area contributed by atoms with Crippen molar-refractivity contribution in [3.63, 3.8) is 0 Å². The highest BCUT2D eigenvalue weighted by molar-refractivity contribution is 7.93. The maximum absolute atomic E-state index is 4.87. The number of hydroxylamine groups is 1. The molecule has 9 heavy (non-hydrogen) atoms. The minimum absolute atomic E-state index is 0.706. The summed E-state index contributed by atoms with van der Waals surface area (Å²) in [7, 11) is 0. The molecule has 0 rings (SSSR count). The lowest BCUT2D eigenvalue weighted by Gasteiger charge is -2.07. The molecule has 0 aromatic heterocycles. The first-order chi connectivity index (χ1) is 4.31. The van der Waals surface area contributed by atoms with Gasteiger partial charge in [0.25, 0.3) is 0 Å². The average Bonchev–Trinajstić information content (AvgIpc) is 1.89. The molecule has 0 aromatic carbocycles. The molecule has 0 aliphatic heterocycles. The first kappa shape index (κ1) is 9.27. The van der Waals surface area contributed by atoms with Crippen molar-refractivity contribution in [2.24, 2.45) is 5.92 Å². The van der Waals surface area contributed by atoms with Gasteiger partial charge in [-0.25, -0.2) is 4.28 Å². The van der Waals surface area contributed by atoms with Gasteiger partial charge in [0.05, 0.1) is 0 Å². The Labute approximate surface area is 61.5 Å². The summed E-state index contributed by atoms with van der Waals surface area (Å²) in [6, 6.07) is 0. The molecular formula is C6H15NOS. The molecule has 0 amide bonds.